The highest BCUT2D eigenvalue weighted by Gasteiger charge is 2.40. The van der Waals surface area contributed by atoms with Gasteiger partial charge in [0.05, 0.1) is 12.2 Å². The molecule has 0 aliphatic rings. The number of aliphatic hydroxyl groups is 1. The number of aromatic nitrogens is 1. The molecule has 2 aromatic rings. The molecular formula is C22H31NO2Si. The van der Waals surface area contributed by atoms with Crippen LogP contribution in [0.15, 0.2) is 67.0 Å². The van der Waals surface area contributed by atoms with E-state index in [1.54, 1.807) is 12.4 Å². The highest BCUT2D eigenvalue weighted by Crippen LogP contribution is 2.42. The minimum atomic E-state index is -2.00. The molecule has 1 aromatic carbocycles. The van der Waals surface area contributed by atoms with Crippen LogP contribution in [0.5, 0.6) is 0 Å². The molecule has 0 saturated heterocycles. The van der Waals surface area contributed by atoms with E-state index in [2.05, 4.69) is 57.6 Å². The molecule has 1 N–H and O–H groups in total. The zero-order valence-corrected chi connectivity index (χ0v) is 17.6. The van der Waals surface area contributed by atoms with E-state index < -0.39 is 14.4 Å². The lowest BCUT2D eigenvalue weighted by molar-refractivity contribution is 0.156. The molecular weight excluding hydrogens is 338 g/mol. The Bertz CT molecular complexity index is 708. The number of rotatable bonds is 7. The average molecular weight is 370 g/mol. The van der Waals surface area contributed by atoms with Crippen LogP contribution >= 0.6 is 0 Å². The van der Waals surface area contributed by atoms with Gasteiger partial charge in [0.1, 0.15) is 0 Å². The number of pyridine rings is 1. The van der Waals surface area contributed by atoms with Crippen LogP contribution in [-0.4, -0.2) is 18.4 Å². The van der Waals surface area contributed by atoms with Crippen molar-refractivity contribution in [3.63, 3.8) is 0 Å². The normalized spacial score (nSPS) is 14.7. The van der Waals surface area contributed by atoms with Crippen LogP contribution in [0, 0.1) is 0 Å². The first-order valence-corrected chi connectivity index (χ1v) is 12.0. The molecule has 0 amide bonds. The van der Waals surface area contributed by atoms with Crippen molar-refractivity contribution in [2.75, 3.05) is 0 Å². The molecule has 0 radical (unpaired) electrons. The second-order valence-electron chi connectivity index (χ2n) is 8.33. The van der Waals surface area contributed by atoms with Gasteiger partial charge < -0.3 is 9.53 Å². The third-order valence-electron chi connectivity index (χ3n) is 5.22. The molecule has 2 atom stereocenters. The molecule has 1 heterocycles. The lowest BCUT2D eigenvalue weighted by atomic mass is 9.96. The van der Waals surface area contributed by atoms with Gasteiger partial charge in [0.15, 0.2) is 8.32 Å². The Morgan fingerprint density at radius 3 is 2.27 bits per heavy atom. The van der Waals surface area contributed by atoms with Gasteiger partial charge in [-0.05, 0) is 40.9 Å². The Kier molecular flexibility index (Phi) is 6.56. The van der Waals surface area contributed by atoms with Crippen molar-refractivity contribution in [3.8, 4) is 0 Å². The van der Waals surface area contributed by atoms with E-state index in [0.717, 1.165) is 16.7 Å². The summed E-state index contributed by atoms with van der Waals surface area (Å²) in [6.45, 7) is 15.5. The first-order chi connectivity index (χ1) is 12.1. The molecule has 0 saturated carbocycles. The van der Waals surface area contributed by atoms with E-state index in [1.165, 1.54) is 0 Å². The maximum atomic E-state index is 10.6. The van der Waals surface area contributed by atoms with Gasteiger partial charge in [0, 0.05) is 18.8 Å². The molecule has 1 aromatic heterocycles. The molecule has 0 bridgehead atoms. The molecule has 26 heavy (non-hydrogen) atoms. The minimum absolute atomic E-state index is 0.0995. The predicted octanol–water partition coefficient (Wildman–Crippen LogP) is 5.82. The summed E-state index contributed by atoms with van der Waals surface area (Å²) < 4.78 is 6.70. The zero-order chi connectivity index (χ0) is 19.4. The number of hydrogen-bond acceptors (Lipinski definition) is 3. The number of nitrogens with zero attached hydrogens (tertiary/aromatic N) is 1. The Labute approximate surface area is 158 Å². The van der Waals surface area contributed by atoms with Crippen LogP contribution in [0.4, 0.5) is 0 Å². The number of hydrogen-bond donors (Lipinski definition) is 1. The summed E-state index contributed by atoms with van der Waals surface area (Å²) in [7, 11) is -2.00. The van der Waals surface area contributed by atoms with Crippen LogP contribution in [0.25, 0.3) is 0 Å². The Balaban J connectivity index is 2.25. The average Bonchev–Trinajstić information content (AvgIpc) is 2.60. The standard InChI is InChI=1S/C22H31NO2Si/c1-17(15-20(24)19-13-10-14-23-16-19)21(18-11-8-7-9-12-18)25-26(5,6)22(2,3)4/h7-14,16,20-21,24H,1,15H2,2-6H3/t20-,21+/m1/s1. The highest BCUT2D eigenvalue weighted by molar-refractivity contribution is 6.74. The summed E-state index contributed by atoms with van der Waals surface area (Å²) in [4.78, 5) is 4.09. The molecule has 0 aliphatic heterocycles. The van der Waals surface area contributed by atoms with Gasteiger partial charge in [0.2, 0.25) is 0 Å². The van der Waals surface area contributed by atoms with E-state index >= 15 is 0 Å². The van der Waals surface area contributed by atoms with Crippen molar-refractivity contribution in [2.45, 2.75) is 57.5 Å². The van der Waals surface area contributed by atoms with E-state index in [1.807, 2.05) is 30.3 Å². The summed E-state index contributed by atoms with van der Waals surface area (Å²) in [6, 6.07) is 13.9. The van der Waals surface area contributed by atoms with Gasteiger partial charge in [-0.25, -0.2) is 0 Å². The van der Waals surface area contributed by atoms with Gasteiger partial charge in [-0.3, -0.25) is 4.98 Å². The van der Waals surface area contributed by atoms with Gasteiger partial charge in [-0.15, -0.1) is 0 Å². The monoisotopic (exact) mass is 369 g/mol. The van der Waals surface area contributed by atoms with Gasteiger partial charge in [-0.2, -0.15) is 0 Å². The predicted molar refractivity (Wildman–Crippen MR) is 110 cm³/mol. The second-order valence-corrected chi connectivity index (χ2v) is 13.1. The van der Waals surface area contributed by atoms with Crippen molar-refractivity contribution in [2.24, 2.45) is 0 Å². The Morgan fingerprint density at radius 1 is 1.12 bits per heavy atom. The second kappa shape index (κ2) is 8.29. The molecule has 0 aliphatic carbocycles. The smallest absolute Gasteiger partial charge is 0.193 e. The summed E-state index contributed by atoms with van der Waals surface area (Å²) in [5, 5.41) is 10.7. The lowest BCUT2D eigenvalue weighted by Gasteiger charge is -2.40. The molecule has 0 spiro atoms. The highest BCUT2D eigenvalue weighted by atomic mass is 28.4. The largest absolute Gasteiger partial charge is 0.406 e. The quantitative estimate of drug-likeness (QED) is 0.493. The topological polar surface area (TPSA) is 42.4 Å². The van der Waals surface area contributed by atoms with Crippen molar-refractivity contribution in [3.05, 3.63) is 78.1 Å². The Hall–Kier alpha value is -1.75. The van der Waals surface area contributed by atoms with Gasteiger partial charge >= 0.3 is 0 Å². The first-order valence-electron chi connectivity index (χ1n) is 9.10. The molecule has 0 fully saturated rings. The third-order valence-corrected chi connectivity index (χ3v) is 9.65. The molecule has 4 heteroatoms. The summed E-state index contributed by atoms with van der Waals surface area (Å²) in [5.41, 5.74) is 2.77. The zero-order valence-electron chi connectivity index (χ0n) is 16.6. The molecule has 3 nitrogen and oxygen atoms in total. The summed E-state index contributed by atoms with van der Waals surface area (Å²) >= 11 is 0. The molecule has 140 valence electrons. The van der Waals surface area contributed by atoms with E-state index in [4.69, 9.17) is 4.43 Å². The summed E-state index contributed by atoms with van der Waals surface area (Å²) in [5.74, 6) is 0. The summed E-state index contributed by atoms with van der Waals surface area (Å²) in [6.07, 6.45) is 3.00. The van der Waals surface area contributed by atoms with Crippen molar-refractivity contribution in [1.82, 2.24) is 4.98 Å². The molecule has 2 rings (SSSR count). The maximum Gasteiger partial charge on any atom is 0.193 e. The third kappa shape index (κ3) is 5.13. The van der Waals surface area contributed by atoms with Crippen LogP contribution in [-0.2, 0) is 4.43 Å². The van der Waals surface area contributed by atoms with Crippen molar-refractivity contribution >= 4 is 8.32 Å². The SMILES string of the molecule is C=C(C[C@@H](O)c1cccnc1)[C@H](O[Si](C)(C)C(C)(C)C)c1ccccc1. The van der Waals surface area contributed by atoms with E-state index in [9.17, 15) is 5.11 Å². The van der Waals surface area contributed by atoms with E-state index in [-0.39, 0.29) is 11.1 Å². The lowest BCUT2D eigenvalue weighted by Crippen LogP contribution is -2.42. The first kappa shape index (κ1) is 20.6. The van der Waals surface area contributed by atoms with Crippen LogP contribution in [0.3, 0.4) is 0 Å². The fourth-order valence-corrected chi connectivity index (χ4v) is 3.78. The van der Waals surface area contributed by atoms with Crippen molar-refractivity contribution < 1.29 is 9.53 Å². The minimum Gasteiger partial charge on any atom is -0.406 e. The van der Waals surface area contributed by atoms with Crippen LogP contribution in [0.2, 0.25) is 18.1 Å². The number of aliphatic hydroxyl groups excluding tert-OH is 1. The van der Waals surface area contributed by atoms with Gasteiger partial charge in [-0.1, -0.05) is 63.7 Å². The van der Waals surface area contributed by atoms with E-state index in [0.29, 0.717) is 6.42 Å². The van der Waals surface area contributed by atoms with Crippen LogP contribution < -0.4 is 0 Å². The number of benzene rings is 1. The fourth-order valence-electron chi connectivity index (χ4n) is 2.53. The maximum absolute atomic E-state index is 10.6. The van der Waals surface area contributed by atoms with Crippen molar-refractivity contribution in [1.29, 1.82) is 0 Å². The van der Waals surface area contributed by atoms with Gasteiger partial charge in [0.25, 0.3) is 0 Å². The van der Waals surface area contributed by atoms with Crippen LogP contribution in [0.1, 0.15) is 50.5 Å². The molecule has 0 unspecified atom stereocenters. The Morgan fingerprint density at radius 2 is 1.73 bits per heavy atom. The fraction of sp³-hybridized carbons (Fsp3) is 0.409.